The molecule has 0 unspecified atom stereocenters. The Labute approximate surface area is 276 Å². The lowest BCUT2D eigenvalue weighted by molar-refractivity contribution is -0.137. The van der Waals surface area contributed by atoms with Gasteiger partial charge in [-0.25, -0.2) is 18.5 Å². The summed E-state index contributed by atoms with van der Waals surface area (Å²) < 4.78 is 70.6. The molecule has 3 aromatic carbocycles. The number of nitrogens with zero attached hydrogens (tertiary/aromatic N) is 1. The highest BCUT2D eigenvalue weighted by Crippen LogP contribution is 2.55. The summed E-state index contributed by atoms with van der Waals surface area (Å²) in [6.45, 7) is -0.574. The number of carbonyl (C=O) groups is 3. The molecule has 1 aromatic heterocycles. The number of para-hydroxylation sites is 1. The number of sulfonamides is 1. The molecule has 0 radical (unpaired) electrons. The van der Waals surface area contributed by atoms with E-state index in [9.17, 15) is 40.8 Å². The number of rotatable bonds is 7. The maximum atomic E-state index is 14.0. The number of nitrogens with one attached hydrogen (secondary N) is 2. The molecule has 47 heavy (non-hydrogen) atoms. The highest BCUT2D eigenvalue weighted by Gasteiger charge is 2.57. The Hall–Kier alpha value is -4.16. The first-order valence-electron chi connectivity index (χ1n) is 13.4. The first-order chi connectivity index (χ1) is 22.1. The number of halogens is 4. The molecule has 0 saturated carbocycles. The van der Waals surface area contributed by atoms with Crippen molar-refractivity contribution in [1.29, 1.82) is 0 Å². The van der Waals surface area contributed by atoms with Gasteiger partial charge >= 0.3 is 11.0 Å². The Bertz CT molecular complexity index is 2100. The number of anilines is 2. The molecule has 3 heterocycles. The second-order valence-electron chi connectivity index (χ2n) is 10.4. The SMILES string of the molecule is NS(=O)(=O)c1ccc(NC(=O)COc2ccc(Cl)cc2[C@@H]2c3sc(=O)[nH]c3S[C@H]3C(=O)N(c4ccccc4C(F)(F)F)C(=O)[C@@H]23)cc1. The minimum Gasteiger partial charge on any atom is -0.483 e. The van der Waals surface area contributed by atoms with Gasteiger partial charge in [-0.2, -0.15) is 13.2 Å². The fourth-order valence-electron chi connectivity index (χ4n) is 5.46. The Kier molecular flexibility index (Phi) is 8.46. The highest BCUT2D eigenvalue weighted by molar-refractivity contribution is 8.00. The maximum absolute atomic E-state index is 14.0. The predicted octanol–water partition coefficient (Wildman–Crippen LogP) is 4.57. The van der Waals surface area contributed by atoms with Crippen LogP contribution in [-0.4, -0.2) is 43.0 Å². The van der Waals surface area contributed by atoms with E-state index in [1.54, 1.807) is 0 Å². The summed E-state index contributed by atoms with van der Waals surface area (Å²) in [6.07, 6.45) is -4.86. The summed E-state index contributed by atoms with van der Waals surface area (Å²) in [5.41, 5.74) is -1.31. The summed E-state index contributed by atoms with van der Waals surface area (Å²) >= 11 is 7.99. The van der Waals surface area contributed by atoms with Crippen molar-refractivity contribution in [3.8, 4) is 5.75 Å². The number of aromatic nitrogens is 1. The number of carbonyl (C=O) groups excluding carboxylic acids is 3. The van der Waals surface area contributed by atoms with Crippen LogP contribution in [0.1, 0.15) is 21.9 Å². The van der Waals surface area contributed by atoms with E-state index in [-0.39, 0.29) is 31.9 Å². The van der Waals surface area contributed by atoms with Gasteiger partial charge in [0.25, 0.3) is 5.91 Å². The van der Waals surface area contributed by atoms with Gasteiger partial charge < -0.3 is 15.0 Å². The van der Waals surface area contributed by atoms with Gasteiger partial charge in [-0.1, -0.05) is 46.8 Å². The predicted molar refractivity (Wildman–Crippen MR) is 167 cm³/mol. The number of hydrogen-bond acceptors (Lipinski definition) is 9. The van der Waals surface area contributed by atoms with Crippen molar-refractivity contribution in [2.75, 3.05) is 16.8 Å². The number of amides is 3. The normalized spacial score (nSPS) is 19.3. The molecular weight excluding hydrogens is 705 g/mol. The standard InChI is InChI=1S/C29H20ClF3N4O7S3/c30-13-5-10-19(44-12-20(38)35-14-6-8-15(9-7-14)47(34,42)43)16(11-13)21-22-24(45-25-23(21)46-28(41)36-25)27(40)37(26(22)39)18-4-2-1-3-17(18)29(31,32)33/h1-11,21-22,24H,12H2,(H,35,38)(H,36,41)(H2,34,42,43)/t21-,22-,24+/m0/s1. The zero-order valence-electron chi connectivity index (χ0n) is 23.4. The van der Waals surface area contributed by atoms with Gasteiger partial charge in [-0.3, -0.25) is 19.2 Å². The number of primary sulfonamides is 1. The summed E-state index contributed by atoms with van der Waals surface area (Å²) in [4.78, 5) is 55.9. The molecule has 1 saturated heterocycles. The van der Waals surface area contributed by atoms with Crippen LogP contribution in [0.25, 0.3) is 0 Å². The number of fused-ring (bicyclic) bond motifs is 2. The number of thiazole rings is 1. The average Bonchev–Trinajstić information content (AvgIpc) is 3.49. The molecule has 4 N–H and O–H groups in total. The third-order valence-electron chi connectivity index (χ3n) is 7.41. The van der Waals surface area contributed by atoms with E-state index in [1.807, 2.05) is 0 Å². The van der Waals surface area contributed by atoms with Crippen LogP contribution in [0.4, 0.5) is 24.5 Å². The molecule has 4 aromatic rings. The van der Waals surface area contributed by atoms with E-state index in [0.717, 1.165) is 41.3 Å². The maximum Gasteiger partial charge on any atom is 0.418 e. The molecule has 2 aliphatic rings. The van der Waals surface area contributed by atoms with Crippen molar-refractivity contribution in [2.45, 2.75) is 27.3 Å². The third-order valence-corrected chi connectivity index (χ3v) is 11.0. The largest absolute Gasteiger partial charge is 0.483 e. The van der Waals surface area contributed by atoms with Crippen molar-refractivity contribution in [2.24, 2.45) is 11.1 Å². The lowest BCUT2D eigenvalue weighted by Crippen LogP contribution is -2.33. The van der Waals surface area contributed by atoms with E-state index < -0.39 is 73.7 Å². The van der Waals surface area contributed by atoms with Gasteiger partial charge in [0.05, 0.1) is 27.1 Å². The molecule has 2 aliphatic heterocycles. The monoisotopic (exact) mass is 724 g/mol. The van der Waals surface area contributed by atoms with E-state index >= 15 is 0 Å². The van der Waals surface area contributed by atoms with Gasteiger partial charge in [-0.15, -0.1) is 0 Å². The molecule has 18 heteroatoms. The second kappa shape index (κ2) is 12.1. The Morgan fingerprint density at radius 3 is 2.43 bits per heavy atom. The summed E-state index contributed by atoms with van der Waals surface area (Å²) in [6, 6.07) is 13.6. The van der Waals surface area contributed by atoms with Crippen LogP contribution >= 0.6 is 34.7 Å². The first-order valence-corrected chi connectivity index (χ1v) is 17.0. The van der Waals surface area contributed by atoms with Crippen LogP contribution in [0.5, 0.6) is 5.75 Å². The molecule has 0 bridgehead atoms. The van der Waals surface area contributed by atoms with Crippen LogP contribution in [0, 0.1) is 5.92 Å². The van der Waals surface area contributed by atoms with Gasteiger partial charge in [0, 0.05) is 27.1 Å². The third kappa shape index (κ3) is 6.28. The van der Waals surface area contributed by atoms with Gasteiger partial charge in [-0.05, 0) is 54.6 Å². The van der Waals surface area contributed by atoms with Crippen molar-refractivity contribution < 1.29 is 40.7 Å². The summed E-state index contributed by atoms with van der Waals surface area (Å²) in [5, 5.41) is 6.88. The minimum atomic E-state index is -4.86. The number of H-pyrrole nitrogens is 1. The molecule has 0 aliphatic carbocycles. The molecule has 0 spiro atoms. The highest BCUT2D eigenvalue weighted by atomic mass is 35.5. The number of imide groups is 1. The van der Waals surface area contributed by atoms with E-state index in [0.29, 0.717) is 9.78 Å². The molecule has 1 fully saturated rings. The van der Waals surface area contributed by atoms with Crippen LogP contribution in [0.15, 0.2) is 81.4 Å². The molecule has 11 nitrogen and oxygen atoms in total. The fraction of sp³-hybridized carbons (Fsp3) is 0.172. The topological polar surface area (TPSA) is 169 Å². The molecule has 6 rings (SSSR count). The Morgan fingerprint density at radius 1 is 1.04 bits per heavy atom. The summed E-state index contributed by atoms with van der Waals surface area (Å²) in [5.74, 6) is -4.72. The van der Waals surface area contributed by atoms with Crippen molar-refractivity contribution in [1.82, 2.24) is 4.98 Å². The lowest BCUT2D eigenvalue weighted by Gasteiger charge is -2.31. The molecule has 3 atom stereocenters. The summed E-state index contributed by atoms with van der Waals surface area (Å²) in [7, 11) is -3.94. The minimum absolute atomic E-state index is 0.0611. The second-order valence-corrected chi connectivity index (χ2v) is 14.5. The average molecular weight is 725 g/mol. The zero-order chi connectivity index (χ0) is 33.8. The zero-order valence-corrected chi connectivity index (χ0v) is 26.6. The number of benzene rings is 3. The number of thioether (sulfide) groups is 1. The smallest absolute Gasteiger partial charge is 0.418 e. The van der Waals surface area contributed by atoms with Crippen LogP contribution < -0.4 is 25.0 Å². The first kappa shape index (κ1) is 32.8. The molecule has 244 valence electrons. The number of ether oxygens (including phenoxy) is 1. The van der Waals surface area contributed by atoms with Gasteiger partial charge in [0.2, 0.25) is 21.8 Å². The van der Waals surface area contributed by atoms with E-state index in [1.165, 1.54) is 48.5 Å². The van der Waals surface area contributed by atoms with Crippen LogP contribution in [0.3, 0.4) is 0 Å². The number of aromatic amines is 1. The number of alkyl halides is 3. The Morgan fingerprint density at radius 2 is 1.74 bits per heavy atom. The van der Waals surface area contributed by atoms with E-state index in [2.05, 4.69) is 10.3 Å². The van der Waals surface area contributed by atoms with Gasteiger partial charge in [0.15, 0.2) is 6.61 Å². The van der Waals surface area contributed by atoms with Crippen molar-refractivity contribution in [3.63, 3.8) is 0 Å². The fourth-order valence-corrected chi connectivity index (χ4v) is 8.66. The lowest BCUT2D eigenvalue weighted by atomic mass is 9.82. The van der Waals surface area contributed by atoms with Crippen molar-refractivity contribution >= 4 is 73.8 Å². The Balaban J connectivity index is 1.34. The van der Waals surface area contributed by atoms with E-state index in [4.69, 9.17) is 21.5 Å². The van der Waals surface area contributed by atoms with Crippen molar-refractivity contribution in [3.05, 3.63) is 97.4 Å². The van der Waals surface area contributed by atoms with Crippen LogP contribution in [0.2, 0.25) is 5.02 Å². The quantitative estimate of drug-likeness (QED) is 0.233. The van der Waals surface area contributed by atoms with Gasteiger partial charge in [0.1, 0.15) is 11.0 Å². The number of nitrogens with two attached hydrogens (primary N) is 1. The molecule has 3 amide bonds. The number of hydrogen-bond donors (Lipinski definition) is 3. The van der Waals surface area contributed by atoms with Crippen LogP contribution in [-0.2, 0) is 30.6 Å². The molecular formula is C29H20ClF3N4O7S3.